The zero-order chi connectivity index (χ0) is 7.56. The van der Waals surface area contributed by atoms with Gasteiger partial charge in [-0.1, -0.05) is 28.7 Å². The van der Waals surface area contributed by atoms with E-state index in [-0.39, 0.29) is 9.61 Å². The molecular weight excluding hydrogens is 241 g/mol. The van der Waals surface area contributed by atoms with Crippen molar-refractivity contribution in [1.82, 2.24) is 4.57 Å². The lowest BCUT2D eigenvalue weighted by atomic mass is 10.5. The zero-order valence-electron chi connectivity index (χ0n) is 5.62. The van der Waals surface area contributed by atoms with Gasteiger partial charge in [0.2, 0.25) is 0 Å². The lowest BCUT2D eigenvalue weighted by Crippen LogP contribution is -2.17. The molecule has 0 radical (unpaired) electrons. The maximum atomic E-state index is 11.0. The Morgan fingerprint density at radius 1 is 1.60 bits per heavy atom. The molecule has 10 heavy (non-hydrogen) atoms. The Hall–Kier alpha value is -0.320. The number of pyridine rings is 1. The van der Waals surface area contributed by atoms with E-state index in [9.17, 15) is 4.79 Å². The first-order chi connectivity index (χ1) is 4.72. The van der Waals surface area contributed by atoms with E-state index in [2.05, 4.69) is 22.6 Å². The van der Waals surface area contributed by atoms with Crippen molar-refractivity contribution in [2.24, 2.45) is 0 Å². The van der Waals surface area contributed by atoms with Crippen molar-refractivity contribution < 1.29 is 0 Å². The highest BCUT2D eigenvalue weighted by Crippen LogP contribution is 2.09. The first-order valence-electron chi connectivity index (χ1n) is 3.03. The molecular formula is C7H8INO. The summed E-state index contributed by atoms with van der Waals surface area (Å²) >= 11 is 2.20. The van der Waals surface area contributed by atoms with Crippen LogP contribution in [0, 0.1) is 0 Å². The van der Waals surface area contributed by atoms with Crippen molar-refractivity contribution in [2.75, 3.05) is 0 Å². The number of halogens is 1. The summed E-state index contributed by atoms with van der Waals surface area (Å²) in [7, 11) is 0. The molecule has 1 atom stereocenters. The first kappa shape index (κ1) is 7.78. The maximum absolute atomic E-state index is 11.0. The van der Waals surface area contributed by atoms with Gasteiger partial charge in [0.05, 0.1) is 4.05 Å². The molecule has 54 valence electrons. The van der Waals surface area contributed by atoms with Crippen LogP contribution in [0.1, 0.15) is 11.0 Å². The second kappa shape index (κ2) is 3.18. The lowest BCUT2D eigenvalue weighted by molar-refractivity contribution is 0.733. The molecule has 1 aromatic heterocycles. The van der Waals surface area contributed by atoms with Crippen LogP contribution in [0.25, 0.3) is 0 Å². The molecule has 0 aliphatic heterocycles. The summed E-state index contributed by atoms with van der Waals surface area (Å²) in [5.41, 5.74) is 0.0596. The topological polar surface area (TPSA) is 22.0 Å². The first-order valence-corrected chi connectivity index (χ1v) is 4.27. The van der Waals surface area contributed by atoms with Crippen molar-refractivity contribution >= 4 is 22.6 Å². The predicted octanol–water partition coefficient (Wildman–Crippen LogP) is 1.80. The van der Waals surface area contributed by atoms with Crippen molar-refractivity contribution in [3.63, 3.8) is 0 Å². The SMILES string of the molecule is CC(I)n1ccccc1=O. The number of nitrogens with zero attached hydrogens (tertiary/aromatic N) is 1. The van der Waals surface area contributed by atoms with E-state index in [1.165, 1.54) is 0 Å². The smallest absolute Gasteiger partial charge is 0.251 e. The molecule has 0 spiro atoms. The normalized spacial score (nSPS) is 13.0. The third kappa shape index (κ3) is 1.59. The molecule has 0 N–H and O–H groups in total. The van der Waals surface area contributed by atoms with Crippen molar-refractivity contribution in [3.8, 4) is 0 Å². The molecule has 1 aromatic rings. The number of hydrogen-bond acceptors (Lipinski definition) is 1. The van der Waals surface area contributed by atoms with Crippen LogP contribution in [-0.2, 0) is 0 Å². The highest BCUT2D eigenvalue weighted by atomic mass is 127. The van der Waals surface area contributed by atoms with Gasteiger partial charge < -0.3 is 4.57 Å². The molecule has 0 aliphatic rings. The van der Waals surface area contributed by atoms with Gasteiger partial charge >= 0.3 is 0 Å². The van der Waals surface area contributed by atoms with Crippen LogP contribution >= 0.6 is 22.6 Å². The number of hydrogen-bond donors (Lipinski definition) is 0. The molecule has 1 rings (SSSR count). The molecule has 0 aromatic carbocycles. The van der Waals surface area contributed by atoms with Crippen molar-refractivity contribution in [2.45, 2.75) is 11.0 Å². The molecule has 1 unspecified atom stereocenters. The Kier molecular flexibility index (Phi) is 2.48. The molecule has 0 bridgehead atoms. The Balaban J connectivity index is 3.16. The minimum atomic E-state index is 0.0596. The van der Waals surface area contributed by atoms with Gasteiger partial charge in [0.1, 0.15) is 0 Å². The van der Waals surface area contributed by atoms with Crippen LogP contribution in [0.4, 0.5) is 0 Å². The Labute approximate surface area is 73.0 Å². The fraction of sp³-hybridized carbons (Fsp3) is 0.286. The Morgan fingerprint density at radius 2 is 2.30 bits per heavy atom. The van der Waals surface area contributed by atoms with E-state index >= 15 is 0 Å². The fourth-order valence-electron chi connectivity index (χ4n) is 0.734. The van der Waals surface area contributed by atoms with E-state index in [1.54, 1.807) is 22.9 Å². The van der Waals surface area contributed by atoms with Gasteiger partial charge in [-0.2, -0.15) is 0 Å². The second-order valence-electron chi connectivity index (χ2n) is 2.02. The van der Waals surface area contributed by atoms with Gasteiger partial charge in [0.25, 0.3) is 5.56 Å². The summed E-state index contributed by atoms with van der Waals surface area (Å²) in [6, 6.07) is 5.17. The maximum Gasteiger partial charge on any atom is 0.251 e. The van der Waals surface area contributed by atoms with Gasteiger partial charge in [-0.15, -0.1) is 0 Å². The summed E-state index contributed by atoms with van der Waals surface area (Å²) in [4.78, 5) is 11.0. The average Bonchev–Trinajstić information content (AvgIpc) is 1.88. The van der Waals surface area contributed by atoms with Crippen LogP contribution < -0.4 is 5.56 Å². The largest absolute Gasteiger partial charge is 0.303 e. The zero-order valence-corrected chi connectivity index (χ0v) is 7.78. The summed E-state index contributed by atoms with van der Waals surface area (Å²) in [6.45, 7) is 1.97. The molecule has 0 fully saturated rings. The van der Waals surface area contributed by atoms with Gasteiger partial charge in [0.15, 0.2) is 0 Å². The second-order valence-corrected chi connectivity index (χ2v) is 3.82. The molecule has 3 heteroatoms. The quantitative estimate of drug-likeness (QED) is 0.549. The average molecular weight is 249 g/mol. The van der Waals surface area contributed by atoms with Crippen LogP contribution in [0.5, 0.6) is 0 Å². The molecule has 0 aliphatic carbocycles. The van der Waals surface area contributed by atoms with E-state index in [1.807, 2.05) is 13.0 Å². The Bertz CT molecular complexity index is 266. The number of aromatic nitrogens is 1. The molecule has 0 saturated heterocycles. The molecule has 0 amide bonds. The molecule has 1 heterocycles. The third-order valence-electron chi connectivity index (χ3n) is 1.23. The van der Waals surface area contributed by atoms with Crippen LogP contribution in [0.2, 0.25) is 0 Å². The van der Waals surface area contributed by atoms with Crippen molar-refractivity contribution in [1.29, 1.82) is 0 Å². The van der Waals surface area contributed by atoms with Crippen molar-refractivity contribution in [3.05, 3.63) is 34.7 Å². The molecule has 2 nitrogen and oxygen atoms in total. The van der Waals surface area contributed by atoms with Crippen LogP contribution in [-0.4, -0.2) is 4.57 Å². The standard InChI is InChI=1S/C7H8INO/c1-6(8)9-5-3-2-4-7(9)10/h2-6H,1H3. The minimum absolute atomic E-state index is 0.0596. The van der Waals surface area contributed by atoms with Gasteiger partial charge in [-0.3, -0.25) is 4.79 Å². The van der Waals surface area contributed by atoms with E-state index < -0.39 is 0 Å². The summed E-state index contributed by atoms with van der Waals surface area (Å²) in [6.07, 6.45) is 1.79. The van der Waals surface area contributed by atoms with E-state index in [0.717, 1.165) is 0 Å². The monoisotopic (exact) mass is 249 g/mol. The van der Waals surface area contributed by atoms with Crippen LogP contribution in [0.3, 0.4) is 0 Å². The highest BCUT2D eigenvalue weighted by molar-refractivity contribution is 14.1. The predicted molar refractivity (Wildman–Crippen MR) is 49.4 cm³/mol. The van der Waals surface area contributed by atoms with Gasteiger partial charge in [-0.05, 0) is 13.0 Å². The minimum Gasteiger partial charge on any atom is -0.303 e. The molecule has 0 saturated carbocycles. The number of rotatable bonds is 1. The summed E-state index contributed by atoms with van der Waals surface area (Å²) in [5, 5.41) is 0. The van der Waals surface area contributed by atoms with E-state index in [0.29, 0.717) is 0 Å². The van der Waals surface area contributed by atoms with Gasteiger partial charge in [-0.25, -0.2) is 0 Å². The summed E-state index contributed by atoms with van der Waals surface area (Å²) < 4.78 is 1.91. The summed E-state index contributed by atoms with van der Waals surface area (Å²) in [5.74, 6) is 0. The lowest BCUT2D eigenvalue weighted by Gasteiger charge is -2.05. The third-order valence-corrected chi connectivity index (χ3v) is 1.83. The highest BCUT2D eigenvalue weighted by Gasteiger charge is 1.97. The van der Waals surface area contributed by atoms with E-state index in [4.69, 9.17) is 0 Å². The Morgan fingerprint density at radius 3 is 2.70 bits per heavy atom. The number of alkyl halides is 1. The fourth-order valence-corrected chi connectivity index (χ4v) is 1.19. The van der Waals surface area contributed by atoms with Gasteiger partial charge in [0, 0.05) is 12.3 Å². The van der Waals surface area contributed by atoms with Crippen LogP contribution in [0.15, 0.2) is 29.2 Å².